The van der Waals surface area contributed by atoms with E-state index in [1.165, 1.54) is 0 Å². The quantitative estimate of drug-likeness (QED) is 0.704. The lowest BCUT2D eigenvalue weighted by Crippen LogP contribution is -2.55. The van der Waals surface area contributed by atoms with Crippen LogP contribution in [-0.2, 0) is 20.8 Å². The number of ether oxygens (including phenoxy) is 2. The molecule has 0 saturated carbocycles. The van der Waals surface area contributed by atoms with E-state index in [1.807, 2.05) is 31.2 Å². The zero-order chi connectivity index (χ0) is 21.8. The first-order valence-electron chi connectivity index (χ1n) is 10.3. The van der Waals surface area contributed by atoms with Gasteiger partial charge in [-0.25, -0.2) is 4.79 Å². The Morgan fingerprint density at radius 1 is 1.33 bits per heavy atom. The number of morpholine rings is 1. The molecule has 1 saturated heterocycles. The van der Waals surface area contributed by atoms with Crippen molar-refractivity contribution in [2.24, 2.45) is 5.92 Å². The number of aliphatic carboxylic acids is 1. The summed E-state index contributed by atoms with van der Waals surface area (Å²) in [5.74, 6) is -0.823. The minimum Gasteiger partial charge on any atom is -0.478 e. The number of hydrogen-bond donors (Lipinski definition) is 1. The number of hydrogen-bond acceptors (Lipinski definition) is 5. The second kappa shape index (κ2) is 9.96. The molecular formula is C23H31ClN2O4. The molecule has 7 heteroatoms. The third kappa shape index (κ3) is 5.06. The third-order valence-electron chi connectivity index (χ3n) is 5.60. The van der Waals surface area contributed by atoms with Gasteiger partial charge in [-0.15, -0.1) is 0 Å². The van der Waals surface area contributed by atoms with Crippen LogP contribution in [0.4, 0.5) is 0 Å². The van der Waals surface area contributed by atoms with Crippen LogP contribution < -0.4 is 0 Å². The monoisotopic (exact) mass is 434 g/mol. The van der Waals surface area contributed by atoms with Crippen molar-refractivity contribution in [1.29, 1.82) is 0 Å². The maximum absolute atomic E-state index is 12.1. The molecule has 6 nitrogen and oxygen atoms in total. The Labute approximate surface area is 183 Å². The van der Waals surface area contributed by atoms with Crippen LogP contribution in [0.25, 0.3) is 0 Å². The number of methoxy groups -OCH3 is 1. The molecule has 1 fully saturated rings. The van der Waals surface area contributed by atoms with Crippen molar-refractivity contribution < 1.29 is 19.4 Å². The maximum atomic E-state index is 12.1. The maximum Gasteiger partial charge on any atom is 0.337 e. The van der Waals surface area contributed by atoms with Crippen molar-refractivity contribution in [2.45, 2.75) is 39.6 Å². The van der Waals surface area contributed by atoms with E-state index < -0.39 is 5.97 Å². The zero-order valence-electron chi connectivity index (χ0n) is 18.1. The Morgan fingerprint density at radius 2 is 2.03 bits per heavy atom. The molecule has 2 heterocycles. The number of carboxylic acid groups (broad SMARTS) is 1. The van der Waals surface area contributed by atoms with E-state index in [1.54, 1.807) is 7.11 Å². The first-order valence-corrected chi connectivity index (χ1v) is 10.7. The Kier molecular flexibility index (Phi) is 7.58. The number of allylic oxidation sites excluding steroid dienone is 1. The fourth-order valence-electron chi connectivity index (χ4n) is 4.32. The van der Waals surface area contributed by atoms with Crippen LogP contribution in [0.1, 0.15) is 26.3 Å². The van der Waals surface area contributed by atoms with Gasteiger partial charge in [0.1, 0.15) is 6.17 Å². The van der Waals surface area contributed by atoms with Crippen LogP contribution in [-0.4, -0.2) is 66.6 Å². The molecule has 1 N–H and O–H groups in total. The topological polar surface area (TPSA) is 62.2 Å². The molecule has 0 aromatic heterocycles. The Hall–Kier alpha value is -1.86. The molecule has 30 heavy (non-hydrogen) atoms. The summed E-state index contributed by atoms with van der Waals surface area (Å²) in [5.41, 5.74) is 3.15. The second-order valence-corrected chi connectivity index (χ2v) is 8.62. The fraction of sp³-hybridized carbons (Fsp3) is 0.522. The van der Waals surface area contributed by atoms with E-state index in [0.717, 1.165) is 29.9 Å². The molecule has 2 atom stereocenters. The van der Waals surface area contributed by atoms with Crippen molar-refractivity contribution in [1.82, 2.24) is 9.80 Å². The Bertz CT molecular complexity index is 817. The smallest absolute Gasteiger partial charge is 0.337 e. The standard InChI is InChI=1S/C23H31ClN2O4/c1-15(2)22-21(23(27)28)16(3)11-20(25-9-10-30-19(13-25)14-29-4)26(22)12-17-5-7-18(24)8-6-17/h5-8,11,15,19-20H,9-10,12-14H2,1-4H3,(H,27,28)/t19-,20?/m0/s1. The highest BCUT2D eigenvalue weighted by Gasteiger charge is 2.36. The van der Waals surface area contributed by atoms with E-state index in [9.17, 15) is 9.90 Å². The van der Waals surface area contributed by atoms with Gasteiger partial charge in [-0.2, -0.15) is 0 Å². The minimum absolute atomic E-state index is 0.00203. The molecule has 0 amide bonds. The lowest BCUT2D eigenvalue weighted by atomic mass is 9.92. The SMILES string of the molecule is COC[C@@H]1CN(C2C=C(C)C(C(=O)O)=C(C(C)C)N2Cc2ccc(Cl)cc2)CCO1. The summed E-state index contributed by atoms with van der Waals surface area (Å²) in [4.78, 5) is 16.7. The van der Waals surface area contributed by atoms with Gasteiger partial charge in [-0.05, 0) is 42.2 Å². The van der Waals surface area contributed by atoms with Gasteiger partial charge < -0.3 is 19.5 Å². The summed E-state index contributed by atoms with van der Waals surface area (Å²) in [6.07, 6.45) is 2.02. The van der Waals surface area contributed by atoms with E-state index in [4.69, 9.17) is 21.1 Å². The van der Waals surface area contributed by atoms with E-state index >= 15 is 0 Å². The van der Waals surface area contributed by atoms with Crippen LogP contribution in [0.15, 0.2) is 47.2 Å². The van der Waals surface area contributed by atoms with Gasteiger partial charge in [0.2, 0.25) is 0 Å². The first-order chi connectivity index (χ1) is 14.3. The van der Waals surface area contributed by atoms with Gasteiger partial charge in [0.05, 0.1) is 24.9 Å². The van der Waals surface area contributed by atoms with E-state index in [-0.39, 0.29) is 18.2 Å². The second-order valence-electron chi connectivity index (χ2n) is 8.18. The Morgan fingerprint density at radius 3 is 2.63 bits per heavy atom. The first kappa shape index (κ1) is 22.8. The summed E-state index contributed by atoms with van der Waals surface area (Å²) in [5, 5.41) is 10.7. The Balaban J connectivity index is 2.00. The van der Waals surface area contributed by atoms with Crippen molar-refractivity contribution in [3.05, 3.63) is 57.8 Å². The van der Waals surface area contributed by atoms with Gasteiger partial charge in [-0.3, -0.25) is 4.90 Å². The van der Waals surface area contributed by atoms with Crippen LogP contribution in [0, 0.1) is 5.92 Å². The predicted octanol–water partition coefficient (Wildman–Crippen LogP) is 3.77. The predicted molar refractivity (Wildman–Crippen MR) is 117 cm³/mol. The van der Waals surface area contributed by atoms with E-state index in [2.05, 4.69) is 29.7 Å². The molecule has 0 bridgehead atoms. The molecule has 1 aromatic carbocycles. The highest BCUT2D eigenvalue weighted by molar-refractivity contribution is 6.30. The molecule has 0 spiro atoms. The van der Waals surface area contributed by atoms with Crippen molar-refractivity contribution in [3.8, 4) is 0 Å². The van der Waals surface area contributed by atoms with Gasteiger partial charge in [0, 0.05) is 37.5 Å². The van der Waals surface area contributed by atoms with E-state index in [0.29, 0.717) is 30.4 Å². The van der Waals surface area contributed by atoms with Crippen molar-refractivity contribution in [2.75, 3.05) is 33.4 Å². The minimum atomic E-state index is -0.883. The molecule has 1 unspecified atom stereocenters. The van der Waals surface area contributed by atoms with Gasteiger partial charge in [-0.1, -0.05) is 37.6 Å². The number of benzene rings is 1. The fourth-order valence-corrected chi connectivity index (χ4v) is 4.45. The van der Waals surface area contributed by atoms with Crippen LogP contribution in [0.5, 0.6) is 0 Å². The average molecular weight is 435 g/mol. The number of nitrogens with zero attached hydrogens (tertiary/aromatic N) is 2. The molecule has 2 aliphatic rings. The van der Waals surface area contributed by atoms with Crippen molar-refractivity contribution in [3.63, 3.8) is 0 Å². The van der Waals surface area contributed by atoms with Crippen LogP contribution in [0.2, 0.25) is 5.02 Å². The van der Waals surface area contributed by atoms with Gasteiger partial charge >= 0.3 is 5.97 Å². The molecule has 2 aliphatic heterocycles. The summed E-state index contributed by atoms with van der Waals surface area (Å²) in [7, 11) is 1.68. The molecule has 3 rings (SSSR count). The normalized spacial score (nSPS) is 23.1. The summed E-state index contributed by atoms with van der Waals surface area (Å²) in [6.45, 7) is 9.27. The summed E-state index contributed by atoms with van der Waals surface area (Å²) < 4.78 is 11.1. The molecular weight excluding hydrogens is 404 g/mol. The van der Waals surface area contributed by atoms with Crippen LogP contribution >= 0.6 is 11.6 Å². The molecule has 1 aromatic rings. The van der Waals surface area contributed by atoms with Crippen LogP contribution in [0.3, 0.4) is 0 Å². The van der Waals surface area contributed by atoms with Gasteiger partial charge in [0.25, 0.3) is 0 Å². The summed E-state index contributed by atoms with van der Waals surface area (Å²) in [6, 6.07) is 7.74. The number of carbonyl (C=O) groups is 1. The van der Waals surface area contributed by atoms with Gasteiger partial charge in [0.15, 0.2) is 0 Å². The largest absolute Gasteiger partial charge is 0.478 e. The number of carboxylic acids is 1. The lowest BCUT2D eigenvalue weighted by molar-refractivity contribution is -0.132. The number of halogens is 1. The molecule has 0 radical (unpaired) electrons. The molecule has 0 aliphatic carbocycles. The average Bonchev–Trinajstić information content (AvgIpc) is 2.70. The third-order valence-corrected chi connectivity index (χ3v) is 5.85. The van der Waals surface area contributed by atoms with Crippen molar-refractivity contribution >= 4 is 17.6 Å². The number of rotatable bonds is 7. The summed E-state index contributed by atoms with van der Waals surface area (Å²) >= 11 is 6.07. The highest BCUT2D eigenvalue weighted by Crippen LogP contribution is 2.35. The highest BCUT2D eigenvalue weighted by atomic mass is 35.5. The lowest BCUT2D eigenvalue weighted by Gasteiger charge is -2.47. The zero-order valence-corrected chi connectivity index (χ0v) is 18.9. The molecule has 164 valence electrons.